The van der Waals surface area contributed by atoms with Gasteiger partial charge in [0.25, 0.3) is 0 Å². The maximum absolute atomic E-state index is 12.6. The van der Waals surface area contributed by atoms with Crippen LogP contribution in [0.3, 0.4) is 0 Å². The molecular weight excluding hydrogens is 223 g/mol. The van der Waals surface area contributed by atoms with E-state index in [-0.39, 0.29) is 11.7 Å². The SMILES string of the molecule is CC(=O)NCCCO/N=C\c1ccc(F)cc1. The number of nitrogens with one attached hydrogen (secondary N) is 1. The molecule has 0 atom stereocenters. The molecule has 4 nitrogen and oxygen atoms in total. The lowest BCUT2D eigenvalue weighted by molar-refractivity contribution is -0.119. The fourth-order valence-corrected chi connectivity index (χ4v) is 1.10. The lowest BCUT2D eigenvalue weighted by atomic mass is 10.2. The minimum absolute atomic E-state index is 0.0557. The summed E-state index contributed by atoms with van der Waals surface area (Å²) in [5.41, 5.74) is 0.772. The molecule has 0 aliphatic heterocycles. The second kappa shape index (κ2) is 7.38. The van der Waals surface area contributed by atoms with Crippen LogP contribution in [0.5, 0.6) is 0 Å². The van der Waals surface area contributed by atoms with Gasteiger partial charge in [-0.05, 0) is 17.7 Å². The first kappa shape index (κ1) is 13.2. The Kier molecular flexibility index (Phi) is 5.71. The molecule has 1 aromatic carbocycles. The van der Waals surface area contributed by atoms with E-state index in [0.29, 0.717) is 19.6 Å². The number of hydrogen-bond donors (Lipinski definition) is 1. The Bertz CT molecular complexity index is 377. The fourth-order valence-electron chi connectivity index (χ4n) is 1.10. The zero-order chi connectivity index (χ0) is 12.5. The molecule has 0 unspecified atom stereocenters. The Morgan fingerprint density at radius 1 is 1.47 bits per heavy atom. The first-order chi connectivity index (χ1) is 8.18. The summed E-state index contributed by atoms with van der Waals surface area (Å²) in [7, 11) is 0. The molecule has 1 aromatic rings. The molecule has 1 N–H and O–H groups in total. The van der Waals surface area contributed by atoms with Crippen molar-refractivity contribution in [1.82, 2.24) is 5.32 Å². The van der Waals surface area contributed by atoms with Gasteiger partial charge in [-0.1, -0.05) is 17.3 Å². The summed E-state index contributed by atoms with van der Waals surface area (Å²) in [5.74, 6) is -0.335. The number of halogens is 1. The van der Waals surface area contributed by atoms with E-state index in [1.807, 2.05) is 0 Å². The largest absolute Gasteiger partial charge is 0.396 e. The number of nitrogens with zero attached hydrogens (tertiary/aromatic N) is 1. The van der Waals surface area contributed by atoms with E-state index < -0.39 is 0 Å². The maximum Gasteiger partial charge on any atom is 0.216 e. The second-order valence-corrected chi connectivity index (χ2v) is 3.46. The molecule has 0 spiro atoms. The van der Waals surface area contributed by atoms with Gasteiger partial charge >= 0.3 is 0 Å². The van der Waals surface area contributed by atoms with Crippen molar-refractivity contribution in [3.8, 4) is 0 Å². The zero-order valence-electron chi connectivity index (χ0n) is 9.65. The van der Waals surface area contributed by atoms with E-state index in [0.717, 1.165) is 5.56 Å². The van der Waals surface area contributed by atoms with Crippen molar-refractivity contribution < 1.29 is 14.0 Å². The molecule has 0 fully saturated rings. The molecule has 92 valence electrons. The molecule has 1 rings (SSSR count). The number of rotatable bonds is 6. The highest BCUT2D eigenvalue weighted by Crippen LogP contribution is 1.99. The molecular formula is C12H15FN2O2. The average Bonchev–Trinajstić information content (AvgIpc) is 2.30. The number of carbonyl (C=O) groups is 1. The van der Waals surface area contributed by atoms with E-state index in [9.17, 15) is 9.18 Å². The van der Waals surface area contributed by atoms with Crippen molar-refractivity contribution >= 4 is 12.1 Å². The molecule has 17 heavy (non-hydrogen) atoms. The molecule has 0 aliphatic carbocycles. The standard InChI is InChI=1S/C12H15FN2O2/c1-10(16)14-7-2-8-17-15-9-11-3-5-12(13)6-4-11/h3-6,9H,2,7-8H2,1H3,(H,14,16)/b15-9-. The molecule has 0 bridgehead atoms. The summed E-state index contributed by atoms with van der Waals surface area (Å²) in [4.78, 5) is 15.5. The summed E-state index contributed by atoms with van der Waals surface area (Å²) >= 11 is 0. The molecule has 0 aromatic heterocycles. The number of benzene rings is 1. The lowest BCUT2D eigenvalue weighted by Gasteiger charge is -2.00. The highest BCUT2D eigenvalue weighted by atomic mass is 19.1. The monoisotopic (exact) mass is 238 g/mol. The minimum Gasteiger partial charge on any atom is -0.396 e. The summed E-state index contributed by atoms with van der Waals surface area (Å²) in [6.07, 6.45) is 2.21. The van der Waals surface area contributed by atoms with Gasteiger partial charge in [-0.3, -0.25) is 4.79 Å². The molecule has 0 saturated heterocycles. The van der Waals surface area contributed by atoms with Crippen molar-refractivity contribution in [2.45, 2.75) is 13.3 Å². The summed E-state index contributed by atoms with van der Waals surface area (Å²) < 4.78 is 12.6. The van der Waals surface area contributed by atoms with Crippen molar-refractivity contribution in [3.63, 3.8) is 0 Å². The highest BCUT2D eigenvalue weighted by Gasteiger charge is 1.91. The van der Waals surface area contributed by atoms with Crippen LogP contribution in [0.25, 0.3) is 0 Å². The third-order valence-corrected chi connectivity index (χ3v) is 1.93. The van der Waals surface area contributed by atoms with Crippen LogP contribution >= 0.6 is 0 Å². The molecule has 5 heteroatoms. The van der Waals surface area contributed by atoms with Crippen molar-refractivity contribution in [2.75, 3.05) is 13.2 Å². The first-order valence-electron chi connectivity index (χ1n) is 5.34. The van der Waals surface area contributed by atoms with Crippen LogP contribution in [0.15, 0.2) is 29.4 Å². The van der Waals surface area contributed by atoms with Crippen LogP contribution < -0.4 is 5.32 Å². The van der Waals surface area contributed by atoms with Crippen LogP contribution in [0.4, 0.5) is 4.39 Å². The average molecular weight is 238 g/mol. The number of oxime groups is 1. The normalized spacial score (nSPS) is 10.5. The van der Waals surface area contributed by atoms with E-state index in [2.05, 4.69) is 10.5 Å². The third kappa shape index (κ3) is 6.29. The predicted molar refractivity (Wildman–Crippen MR) is 63.2 cm³/mol. The van der Waals surface area contributed by atoms with E-state index in [1.54, 1.807) is 12.1 Å². The van der Waals surface area contributed by atoms with Gasteiger partial charge in [-0.15, -0.1) is 0 Å². The van der Waals surface area contributed by atoms with Crippen LogP contribution in [0.1, 0.15) is 18.9 Å². The van der Waals surface area contributed by atoms with Gasteiger partial charge in [-0.2, -0.15) is 0 Å². The Morgan fingerprint density at radius 2 is 2.18 bits per heavy atom. The Morgan fingerprint density at radius 3 is 2.82 bits per heavy atom. The predicted octanol–water partition coefficient (Wildman–Crippen LogP) is 1.70. The van der Waals surface area contributed by atoms with E-state index in [1.165, 1.54) is 25.3 Å². The van der Waals surface area contributed by atoms with Gasteiger partial charge in [0, 0.05) is 19.9 Å². The quantitative estimate of drug-likeness (QED) is 0.466. The van der Waals surface area contributed by atoms with Crippen LogP contribution in [-0.2, 0) is 9.63 Å². The molecule has 0 saturated carbocycles. The topological polar surface area (TPSA) is 50.7 Å². The van der Waals surface area contributed by atoms with E-state index in [4.69, 9.17) is 4.84 Å². The molecule has 0 aliphatic rings. The molecule has 0 heterocycles. The van der Waals surface area contributed by atoms with Gasteiger partial charge in [-0.25, -0.2) is 4.39 Å². The molecule has 0 radical (unpaired) electrons. The number of hydrogen-bond acceptors (Lipinski definition) is 3. The van der Waals surface area contributed by atoms with Crippen LogP contribution in [-0.4, -0.2) is 25.3 Å². The minimum atomic E-state index is -0.279. The van der Waals surface area contributed by atoms with Crippen LogP contribution in [0, 0.1) is 5.82 Å². The summed E-state index contributed by atoms with van der Waals surface area (Å²) in [5, 5.41) is 6.38. The zero-order valence-corrected chi connectivity index (χ0v) is 9.65. The second-order valence-electron chi connectivity index (χ2n) is 3.46. The fraction of sp³-hybridized carbons (Fsp3) is 0.333. The summed E-state index contributed by atoms with van der Waals surface area (Å²) in [6.45, 7) is 2.47. The Hall–Kier alpha value is -1.91. The number of carbonyl (C=O) groups excluding carboxylic acids is 1. The summed E-state index contributed by atoms with van der Waals surface area (Å²) in [6, 6.07) is 5.94. The smallest absolute Gasteiger partial charge is 0.216 e. The molecule has 1 amide bonds. The Balaban J connectivity index is 2.14. The van der Waals surface area contributed by atoms with Gasteiger partial charge in [0.15, 0.2) is 0 Å². The van der Waals surface area contributed by atoms with Gasteiger partial charge in [0.2, 0.25) is 5.91 Å². The Labute approximate surface area is 99.5 Å². The lowest BCUT2D eigenvalue weighted by Crippen LogP contribution is -2.21. The van der Waals surface area contributed by atoms with Crippen molar-refractivity contribution in [3.05, 3.63) is 35.6 Å². The van der Waals surface area contributed by atoms with Gasteiger partial charge in [0.05, 0.1) is 6.21 Å². The first-order valence-corrected chi connectivity index (χ1v) is 5.34. The van der Waals surface area contributed by atoms with Gasteiger partial charge < -0.3 is 10.2 Å². The van der Waals surface area contributed by atoms with E-state index >= 15 is 0 Å². The number of amides is 1. The highest BCUT2D eigenvalue weighted by molar-refractivity contribution is 5.78. The van der Waals surface area contributed by atoms with Crippen molar-refractivity contribution in [1.29, 1.82) is 0 Å². The maximum atomic E-state index is 12.6. The third-order valence-electron chi connectivity index (χ3n) is 1.93. The van der Waals surface area contributed by atoms with Crippen LogP contribution in [0.2, 0.25) is 0 Å². The van der Waals surface area contributed by atoms with Crippen molar-refractivity contribution in [2.24, 2.45) is 5.16 Å². The van der Waals surface area contributed by atoms with Gasteiger partial charge in [0.1, 0.15) is 12.4 Å².